The zero-order chi connectivity index (χ0) is 24.0. The standard InChI is InChI=1S/C22H44N4O3Si2/c1-14(28-30(8,9)21(2,3)4)17(29-31(10,11)22(5,6)7)15-12-16-18(24-13-15)25-20(23)26-19(16)27/h14-15,17H,12-13H2,1-11H3,(H4,23,24,25,26,27)/t14-,15+,17-/m0/s1. The molecule has 2 heterocycles. The topological polar surface area (TPSA) is 102 Å². The Bertz CT molecular complexity index is 841. The monoisotopic (exact) mass is 468 g/mol. The summed E-state index contributed by atoms with van der Waals surface area (Å²) < 4.78 is 13.8. The van der Waals surface area contributed by atoms with Gasteiger partial charge >= 0.3 is 0 Å². The summed E-state index contributed by atoms with van der Waals surface area (Å²) in [6.07, 6.45) is 0.395. The van der Waals surface area contributed by atoms with Crippen LogP contribution in [0.3, 0.4) is 0 Å². The smallest absolute Gasteiger partial charge is 0.257 e. The van der Waals surface area contributed by atoms with Crippen molar-refractivity contribution in [2.45, 2.75) is 103 Å². The Morgan fingerprint density at radius 3 is 2.06 bits per heavy atom. The number of hydrogen-bond acceptors (Lipinski definition) is 6. The molecule has 31 heavy (non-hydrogen) atoms. The molecule has 9 heteroatoms. The molecular formula is C22H44N4O3Si2. The van der Waals surface area contributed by atoms with Gasteiger partial charge in [-0.1, -0.05) is 41.5 Å². The first kappa shape index (κ1) is 26.1. The predicted octanol–water partition coefficient (Wildman–Crippen LogP) is 4.74. The third-order valence-corrected chi connectivity index (χ3v) is 16.5. The second-order valence-electron chi connectivity index (χ2n) is 12.0. The van der Waals surface area contributed by atoms with Crippen LogP contribution >= 0.6 is 0 Å². The highest BCUT2D eigenvalue weighted by atomic mass is 28.4. The van der Waals surface area contributed by atoms with Gasteiger partial charge in [0, 0.05) is 12.5 Å². The van der Waals surface area contributed by atoms with Crippen LogP contribution in [0.25, 0.3) is 0 Å². The summed E-state index contributed by atoms with van der Waals surface area (Å²) >= 11 is 0. The summed E-state index contributed by atoms with van der Waals surface area (Å²) in [5.74, 6) is 0.827. The van der Waals surface area contributed by atoms with Crippen molar-refractivity contribution in [1.29, 1.82) is 0 Å². The molecule has 0 aliphatic carbocycles. The first-order valence-electron chi connectivity index (χ1n) is 11.3. The summed E-state index contributed by atoms with van der Waals surface area (Å²) in [5.41, 5.74) is 6.20. The van der Waals surface area contributed by atoms with E-state index < -0.39 is 16.6 Å². The van der Waals surface area contributed by atoms with Crippen molar-refractivity contribution in [2.75, 3.05) is 17.6 Å². The lowest BCUT2D eigenvalue weighted by molar-refractivity contribution is 0.0108. The molecule has 0 bridgehead atoms. The van der Waals surface area contributed by atoms with Crippen LogP contribution < -0.4 is 16.6 Å². The van der Waals surface area contributed by atoms with Crippen LogP contribution in [0.1, 0.15) is 54.0 Å². The maximum Gasteiger partial charge on any atom is 0.257 e. The largest absolute Gasteiger partial charge is 0.412 e. The summed E-state index contributed by atoms with van der Waals surface area (Å²) in [5, 5.41) is 3.52. The number of nitrogens with zero attached hydrogens (tertiary/aromatic N) is 1. The van der Waals surface area contributed by atoms with Crippen LogP contribution in [0.2, 0.25) is 36.3 Å². The van der Waals surface area contributed by atoms with Crippen LogP contribution in [0.5, 0.6) is 0 Å². The molecule has 0 spiro atoms. The minimum absolute atomic E-state index is 0.0788. The Morgan fingerprint density at radius 1 is 1.03 bits per heavy atom. The highest BCUT2D eigenvalue weighted by Gasteiger charge is 2.46. The van der Waals surface area contributed by atoms with Crippen molar-refractivity contribution in [2.24, 2.45) is 5.92 Å². The van der Waals surface area contributed by atoms with E-state index in [1.807, 2.05) is 0 Å². The van der Waals surface area contributed by atoms with E-state index in [0.29, 0.717) is 24.3 Å². The van der Waals surface area contributed by atoms with E-state index in [-0.39, 0.29) is 39.7 Å². The molecule has 178 valence electrons. The van der Waals surface area contributed by atoms with Gasteiger partial charge in [-0.25, -0.2) is 0 Å². The van der Waals surface area contributed by atoms with Crippen molar-refractivity contribution in [3.63, 3.8) is 0 Å². The van der Waals surface area contributed by atoms with Gasteiger partial charge in [0.05, 0.1) is 17.8 Å². The fraction of sp³-hybridized carbons (Fsp3) is 0.818. The van der Waals surface area contributed by atoms with Gasteiger partial charge in [-0.2, -0.15) is 4.98 Å². The first-order chi connectivity index (χ1) is 13.9. The first-order valence-corrected chi connectivity index (χ1v) is 17.2. The van der Waals surface area contributed by atoms with Gasteiger partial charge in [-0.3, -0.25) is 9.78 Å². The van der Waals surface area contributed by atoms with Crippen LogP contribution in [-0.2, 0) is 15.3 Å². The van der Waals surface area contributed by atoms with Crippen LogP contribution in [0, 0.1) is 5.92 Å². The van der Waals surface area contributed by atoms with E-state index in [0.717, 1.165) is 0 Å². The lowest BCUT2D eigenvalue weighted by atomic mass is 9.89. The van der Waals surface area contributed by atoms with Crippen molar-refractivity contribution in [3.8, 4) is 0 Å². The molecule has 1 aliphatic heterocycles. The van der Waals surface area contributed by atoms with Crippen molar-refractivity contribution < 1.29 is 8.85 Å². The SMILES string of the molecule is C[C@H](O[Si](C)(C)C(C)(C)C)[C@H](O[Si](C)(C)C(C)(C)C)[C@H]1CNc2nc(N)[nH]c(=O)c2C1. The molecule has 1 aromatic rings. The van der Waals surface area contributed by atoms with Gasteiger partial charge in [0.2, 0.25) is 5.95 Å². The lowest BCUT2D eigenvalue weighted by Crippen LogP contribution is -2.55. The van der Waals surface area contributed by atoms with Gasteiger partial charge in [0.25, 0.3) is 5.56 Å². The third kappa shape index (κ3) is 5.80. The number of nitrogen functional groups attached to an aromatic ring is 1. The number of nitrogens with one attached hydrogen (secondary N) is 2. The Kier molecular flexibility index (Phi) is 7.28. The summed E-state index contributed by atoms with van der Waals surface area (Å²) in [6, 6.07) is 0. The molecule has 0 radical (unpaired) electrons. The molecule has 0 saturated heterocycles. The van der Waals surface area contributed by atoms with Gasteiger partial charge in [0.1, 0.15) is 5.82 Å². The maximum atomic E-state index is 12.6. The second-order valence-corrected chi connectivity index (χ2v) is 21.6. The molecule has 7 nitrogen and oxygen atoms in total. The van der Waals surface area contributed by atoms with E-state index in [1.54, 1.807) is 0 Å². The molecule has 3 atom stereocenters. The molecular weight excluding hydrogens is 424 g/mol. The molecule has 0 aromatic carbocycles. The summed E-state index contributed by atoms with van der Waals surface area (Å²) in [7, 11) is -4.05. The molecule has 0 saturated carbocycles. The van der Waals surface area contributed by atoms with E-state index in [1.165, 1.54) is 0 Å². The Balaban J connectivity index is 2.39. The molecule has 4 N–H and O–H groups in total. The average molecular weight is 469 g/mol. The fourth-order valence-corrected chi connectivity index (χ4v) is 6.28. The van der Waals surface area contributed by atoms with Crippen molar-refractivity contribution in [1.82, 2.24) is 9.97 Å². The quantitative estimate of drug-likeness (QED) is 0.521. The highest BCUT2D eigenvalue weighted by Crippen LogP contribution is 2.42. The molecule has 2 rings (SSSR count). The van der Waals surface area contributed by atoms with Gasteiger partial charge < -0.3 is 19.9 Å². The van der Waals surface area contributed by atoms with Gasteiger partial charge in [-0.15, -0.1) is 0 Å². The van der Waals surface area contributed by atoms with Gasteiger partial charge in [0.15, 0.2) is 16.6 Å². The number of aromatic amines is 1. The van der Waals surface area contributed by atoms with Crippen LogP contribution in [0.15, 0.2) is 4.79 Å². The molecule has 1 aliphatic rings. The van der Waals surface area contributed by atoms with E-state index in [2.05, 4.69) is 89.9 Å². The second kappa shape index (κ2) is 8.64. The summed E-state index contributed by atoms with van der Waals surface area (Å²) in [4.78, 5) is 19.5. The van der Waals surface area contributed by atoms with Crippen molar-refractivity contribution in [3.05, 3.63) is 15.9 Å². The van der Waals surface area contributed by atoms with Crippen molar-refractivity contribution >= 4 is 28.4 Å². The zero-order valence-corrected chi connectivity index (χ0v) is 23.4. The summed E-state index contributed by atoms with van der Waals surface area (Å²) in [6.45, 7) is 25.4. The number of nitrogens with two attached hydrogens (primary N) is 1. The van der Waals surface area contributed by atoms with E-state index in [4.69, 9.17) is 14.6 Å². The predicted molar refractivity (Wildman–Crippen MR) is 135 cm³/mol. The number of aromatic nitrogens is 2. The van der Waals surface area contributed by atoms with Crippen LogP contribution in [0.4, 0.5) is 11.8 Å². The third-order valence-electron chi connectivity index (χ3n) is 7.48. The number of rotatable bonds is 6. The number of fused-ring (bicyclic) bond motifs is 1. The van der Waals surface area contributed by atoms with Crippen LogP contribution in [-0.4, -0.2) is 45.4 Å². The molecule has 0 amide bonds. The number of anilines is 2. The lowest BCUT2D eigenvalue weighted by Gasteiger charge is -2.47. The maximum absolute atomic E-state index is 12.6. The Hall–Kier alpha value is -1.17. The Labute approximate surface area is 190 Å². The molecule has 0 fully saturated rings. The highest BCUT2D eigenvalue weighted by molar-refractivity contribution is 6.74. The zero-order valence-electron chi connectivity index (χ0n) is 21.4. The van der Waals surface area contributed by atoms with E-state index in [9.17, 15) is 4.79 Å². The average Bonchev–Trinajstić information content (AvgIpc) is 2.57. The van der Waals surface area contributed by atoms with Gasteiger partial charge in [-0.05, 0) is 49.6 Å². The minimum atomic E-state index is -2.06. The fourth-order valence-electron chi connectivity index (χ4n) is 3.45. The normalized spacial score (nSPS) is 20.0. The number of H-pyrrole nitrogens is 1. The number of hydrogen-bond donors (Lipinski definition) is 3. The molecule has 1 aromatic heterocycles. The Morgan fingerprint density at radius 2 is 1.55 bits per heavy atom. The molecule has 0 unspecified atom stereocenters. The van der Waals surface area contributed by atoms with E-state index >= 15 is 0 Å². The minimum Gasteiger partial charge on any atom is -0.412 e.